The average Bonchev–Trinajstić information content (AvgIpc) is 2.72. The highest BCUT2D eigenvalue weighted by Gasteiger charge is 2.31. The van der Waals surface area contributed by atoms with E-state index in [1.807, 2.05) is 0 Å². The minimum Gasteiger partial charge on any atom is -0.455 e. The van der Waals surface area contributed by atoms with Crippen LogP contribution >= 0.6 is 11.6 Å². The van der Waals surface area contributed by atoms with Crippen molar-refractivity contribution in [2.75, 3.05) is 5.32 Å². The molecule has 0 aliphatic carbocycles. The number of ether oxygens (including phenoxy) is 1. The highest BCUT2D eigenvalue weighted by Crippen LogP contribution is 2.38. The van der Waals surface area contributed by atoms with E-state index in [-0.39, 0.29) is 22.7 Å². The largest absolute Gasteiger partial charge is 0.455 e. The van der Waals surface area contributed by atoms with Crippen LogP contribution in [0.3, 0.4) is 0 Å². The Bertz CT molecular complexity index is 1170. The Kier molecular flexibility index (Phi) is 6.40. The van der Waals surface area contributed by atoms with Gasteiger partial charge in [0.1, 0.15) is 5.75 Å². The Labute approximate surface area is 185 Å². The molecule has 0 saturated heterocycles. The summed E-state index contributed by atoms with van der Waals surface area (Å²) in [5.74, 6) is -0.447. The summed E-state index contributed by atoms with van der Waals surface area (Å²) in [5, 5.41) is 13.7. The van der Waals surface area contributed by atoms with Crippen LogP contribution in [0.15, 0.2) is 54.6 Å². The predicted molar refractivity (Wildman–Crippen MR) is 113 cm³/mol. The van der Waals surface area contributed by atoms with Crippen LogP contribution in [0.1, 0.15) is 27.0 Å². The first-order valence-corrected chi connectivity index (χ1v) is 9.55. The maximum absolute atomic E-state index is 13.2. The number of nitro benzene ring substituents is 1. The molecular weight excluding hydrogens is 449 g/mol. The minimum absolute atomic E-state index is 0.0191. The molecule has 3 aromatic rings. The Hall–Kier alpha value is -3.59. The third-order valence-corrected chi connectivity index (χ3v) is 5.13. The zero-order valence-corrected chi connectivity index (χ0v) is 17.5. The summed E-state index contributed by atoms with van der Waals surface area (Å²) in [6.07, 6.45) is -4.64. The first-order valence-electron chi connectivity index (χ1n) is 9.17. The van der Waals surface area contributed by atoms with Crippen LogP contribution in [-0.2, 0) is 6.18 Å². The number of benzene rings is 3. The number of nitrogens with one attached hydrogen (secondary N) is 1. The van der Waals surface area contributed by atoms with Crippen LogP contribution in [0.2, 0.25) is 5.02 Å². The molecular formula is C22H16ClF3N2O4. The Morgan fingerprint density at radius 2 is 1.62 bits per heavy atom. The lowest BCUT2D eigenvalue weighted by Gasteiger charge is -2.16. The van der Waals surface area contributed by atoms with Crippen molar-refractivity contribution in [3.8, 4) is 11.5 Å². The van der Waals surface area contributed by atoms with Crippen LogP contribution in [0, 0.1) is 24.0 Å². The van der Waals surface area contributed by atoms with Gasteiger partial charge in [0.05, 0.1) is 16.2 Å². The van der Waals surface area contributed by atoms with Crippen molar-refractivity contribution in [1.29, 1.82) is 0 Å². The zero-order chi connectivity index (χ0) is 23.6. The second-order valence-corrected chi connectivity index (χ2v) is 7.32. The van der Waals surface area contributed by atoms with E-state index in [0.717, 1.165) is 30.3 Å². The maximum Gasteiger partial charge on any atom is 0.416 e. The number of aryl methyl sites for hydroxylation is 2. The maximum atomic E-state index is 13.2. The van der Waals surface area contributed by atoms with Gasteiger partial charge in [-0.2, -0.15) is 13.2 Å². The molecule has 6 nitrogen and oxygen atoms in total. The SMILES string of the molecule is Cc1cc(Oc2ccc(C(F)(F)F)cc2NC(=O)c2ccc([N+](=O)[O-])cc2)cc(C)c1Cl. The van der Waals surface area contributed by atoms with Gasteiger partial charge in [-0.05, 0) is 67.4 Å². The van der Waals surface area contributed by atoms with Crippen molar-refractivity contribution in [2.24, 2.45) is 0 Å². The van der Waals surface area contributed by atoms with Gasteiger partial charge in [0.15, 0.2) is 5.75 Å². The van der Waals surface area contributed by atoms with Gasteiger partial charge in [-0.3, -0.25) is 14.9 Å². The summed E-state index contributed by atoms with van der Waals surface area (Å²) in [5.41, 5.74) is 0.0334. The van der Waals surface area contributed by atoms with E-state index in [1.165, 1.54) is 12.1 Å². The second-order valence-electron chi connectivity index (χ2n) is 6.94. The number of nitro groups is 1. The van der Waals surface area contributed by atoms with Gasteiger partial charge in [-0.15, -0.1) is 0 Å². The number of amides is 1. The normalized spacial score (nSPS) is 11.2. The molecule has 0 unspecified atom stereocenters. The van der Waals surface area contributed by atoms with Crippen LogP contribution in [0.4, 0.5) is 24.5 Å². The number of alkyl halides is 3. The molecule has 0 saturated carbocycles. The summed E-state index contributed by atoms with van der Waals surface area (Å²) >= 11 is 6.14. The summed E-state index contributed by atoms with van der Waals surface area (Å²) in [6.45, 7) is 3.51. The molecule has 0 radical (unpaired) electrons. The fraction of sp³-hybridized carbons (Fsp3) is 0.136. The van der Waals surface area contributed by atoms with Gasteiger partial charge in [0, 0.05) is 22.7 Å². The molecule has 3 rings (SSSR count). The van der Waals surface area contributed by atoms with E-state index in [4.69, 9.17) is 16.3 Å². The van der Waals surface area contributed by atoms with Gasteiger partial charge in [0.25, 0.3) is 11.6 Å². The number of halogens is 4. The van der Waals surface area contributed by atoms with Gasteiger partial charge < -0.3 is 10.1 Å². The number of carbonyl (C=O) groups is 1. The molecule has 10 heteroatoms. The zero-order valence-electron chi connectivity index (χ0n) is 16.8. The molecule has 32 heavy (non-hydrogen) atoms. The fourth-order valence-electron chi connectivity index (χ4n) is 2.91. The van der Waals surface area contributed by atoms with Gasteiger partial charge in [0.2, 0.25) is 0 Å². The van der Waals surface area contributed by atoms with Crippen LogP contribution in [0.25, 0.3) is 0 Å². The van der Waals surface area contributed by atoms with E-state index >= 15 is 0 Å². The van der Waals surface area contributed by atoms with E-state index in [2.05, 4.69) is 5.32 Å². The van der Waals surface area contributed by atoms with E-state index < -0.39 is 22.6 Å². The lowest BCUT2D eigenvalue weighted by molar-refractivity contribution is -0.384. The van der Waals surface area contributed by atoms with Crippen molar-refractivity contribution in [2.45, 2.75) is 20.0 Å². The molecule has 0 aliphatic rings. The van der Waals surface area contributed by atoms with E-state index in [1.54, 1.807) is 26.0 Å². The number of rotatable bonds is 5. The lowest BCUT2D eigenvalue weighted by atomic mass is 10.1. The third-order valence-electron chi connectivity index (χ3n) is 4.53. The number of hydrogen-bond acceptors (Lipinski definition) is 4. The highest BCUT2D eigenvalue weighted by atomic mass is 35.5. The van der Waals surface area contributed by atoms with Crippen molar-refractivity contribution in [3.05, 3.63) is 92.0 Å². The molecule has 3 aromatic carbocycles. The Morgan fingerprint density at radius 1 is 1.03 bits per heavy atom. The fourth-order valence-corrected chi connectivity index (χ4v) is 3.02. The molecule has 0 aromatic heterocycles. The first kappa shape index (κ1) is 23.1. The minimum atomic E-state index is -4.64. The number of carbonyl (C=O) groups excluding carboxylic acids is 1. The molecule has 0 spiro atoms. The Morgan fingerprint density at radius 3 is 2.16 bits per heavy atom. The predicted octanol–water partition coefficient (Wildman–Crippen LogP) is 6.93. The summed E-state index contributed by atoms with van der Waals surface area (Å²) in [4.78, 5) is 22.7. The van der Waals surface area contributed by atoms with Gasteiger partial charge >= 0.3 is 6.18 Å². The molecule has 0 fully saturated rings. The number of hydrogen-bond donors (Lipinski definition) is 1. The second kappa shape index (κ2) is 8.88. The molecule has 0 atom stereocenters. The standard InChI is InChI=1S/C22H16ClF3N2O4/c1-12-9-17(10-13(2)20(12)23)32-19-8-5-15(22(24,25)26)11-18(19)27-21(29)14-3-6-16(7-4-14)28(30)31/h3-11H,1-2H3,(H,27,29). The van der Waals surface area contributed by atoms with Crippen molar-refractivity contribution >= 4 is 28.9 Å². The molecule has 166 valence electrons. The lowest BCUT2D eigenvalue weighted by Crippen LogP contribution is -2.14. The Balaban J connectivity index is 1.96. The van der Waals surface area contributed by atoms with E-state index in [9.17, 15) is 28.1 Å². The third kappa shape index (κ3) is 5.17. The number of non-ortho nitro benzene ring substituents is 1. The summed E-state index contributed by atoms with van der Waals surface area (Å²) < 4.78 is 45.4. The monoisotopic (exact) mass is 464 g/mol. The number of anilines is 1. The quantitative estimate of drug-likeness (QED) is 0.328. The van der Waals surface area contributed by atoms with Crippen molar-refractivity contribution < 1.29 is 27.6 Å². The van der Waals surface area contributed by atoms with Crippen molar-refractivity contribution in [1.82, 2.24) is 0 Å². The number of nitrogens with zero attached hydrogens (tertiary/aromatic N) is 1. The molecule has 1 N–H and O–H groups in total. The highest BCUT2D eigenvalue weighted by molar-refractivity contribution is 6.32. The van der Waals surface area contributed by atoms with Crippen LogP contribution < -0.4 is 10.1 Å². The molecule has 1 amide bonds. The summed E-state index contributed by atoms with van der Waals surface area (Å²) in [6, 6.07) is 10.6. The topological polar surface area (TPSA) is 81.5 Å². The van der Waals surface area contributed by atoms with Gasteiger partial charge in [-0.25, -0.2) is 0 Å². The smallest absolute Gasteiger partial charge is 0.416 e. The van der Waals surface area contributed by atoms with Gasteiger partial charge in [-0.1, -0.05) is 11.6 Å². The van der Waals surface area contributed by atoms with Crippen molar-refractivity contribution in [3.63, 3.8) is 0 Å². The molecule has 0 heterocycles. The molecule has 0 bridgehead atoms. The molecule has 0 aliphatic heterocycles. The first-order chi connectivity index (χ1) is 15.0. The average molecular weight is 465 g/mol. The van der Waals surface area contributed by atoms with Crippen LogP contribution in [-0.4, -0.2) is 10.8 Å². The summed E-state index contributed by atoms with van der Waals surface area (Å²) in [7, 11) is 0. The van der Waals surface area contributed by atoms with E-state index in [0.29, 0.717) is 21.9 Å². The van der Waals surface area contributed by atoms with Crippen LogP contribution in [0.5, 0.6) is 11.5 Å².